The number of hydrogen-bond acceptors (Lipinski definition) is 3. The molecule has 2 fully saturated rings. The van der Waals surface area contributed by atoms with Crippen molar-refractivity contribution in [2.75, 3.05) is 6.54 Å². The van der Waals surface area contributed by atoms with E-state index in [1.807, 2.05) is 0 Å². The third-order valence-electron chi connectivity index (χ3n) is 4.95. The predicted octanol–water partition coefficient (Wildman–Crippen LogP) is 2.51. The highest BCUT2D eigenvalue weighted by atomic mass is 32.1. The van der Waals surface area contributed by atoms with Crippen LogP contribution in [0, 0.1) is 0 Å². The van der Waals surface area contributed by atoms with Crippen LogP contribution in [0.25, 0.3) is 0 Å². The fraction of sp³-hybridized carbons (Fsp3) is 0.647. The molecular weight excluding hydrogens is 296 g/mol. The van der Waals surface area contributed by atoms with Crippen LogP contribution in [0.15, 0.2) is 6.07 Å². The number of carbonyl (C=O) groups is 2. The lowest BCUT2D eigenvalue weighted by Gasteiger charge is -2.23. The van der Waals surface area contributed by atoms with Crippen molar-refractivity contribution >= 4 is 23.2 Å². The molecular formula is C17H22N2O2S. The number of likely N-dealkylation sites (tertiary alicyclic amines) is 1. The maximum absolute atomic E-state index is 12.8. The quantitative estimate of drug-likeness (QED) is 0.931. The molecule has 22 heavy (non-hydrogen) atoms. The van der Waals surface area contributed by atoms with Crippen LogP contribution in [-0.2, 0) is 17.6 Å². The first-order valence-corrected chi connectivity index (χ1v) is 9.27. The van der Waals surface area contributed by atoms with Gasteiger partial charge in [-0.05, 0) is 63.0 Å². The molecule has 1 N–H and O–H groups in total. The molecule has 0 bridgehead atoms. The fourth-order valence-corrected chi connectivity index (χ4v) is 4.75. The fourth-order valence-electron chi connectivity index (χ4n) is 3.55. The second-order valence-corrected chi connectivity index (χ2v) is 7.84. The van der Waals surface area contributed by atoms with Crippen molar-refractivity contribution in [3.05, 3.63) is 21.4 Å². The van der Waals surface area contributed by atoms with Crippen LogP contribution in [0.3, 0.4) is 0 Å². The number of carbonyl (C=O) groups excluding carboxylic acids is 2. The minimum atomic E-state index is -0.257. The second-order valence-electron chi connectivity index (χ2n) is 6.71. The molecule has 1 saturated carbocycles. The Bertz CT molecular complexity index is 582. The van der Waals surface area contributed by atoms with Gasteiger partial charge in [-0.2, -0.15) is 0 Å². The zero-order chi connectivity index (χ0) is 15.1. The van der Waals surface area contributed by atoms with Crippen LogP contribution in [0.4, 0.5) is 0 Å². The number of fused-ring (bicyclic) bond motifs is 1. The Balaban J connectivity index is 1.50. The highest BCUT2D eigenvalue weighted by molar-refractivity contribution is 7.14. The normalized spacial score (nSPS) is 24.2. The number of rotatable bonds is 3. The molecule has 2 heterocycles. The molecule has 1 unspecified atom stereocenters. The Hall–Kier alpha value is -1.36. The summed E-state index contributed by atoms with van der Waals surface area (Å²) in [7, 11) is 0. The van der Waals surface area contributed by atoms with Gasteiger partial charge < -0.3 is 10.2 Å². The van der Waals surface area contributed by atoms with E-state index >= 15 is 0 Å². The SMILES string of the molecule is O=C(NC1CC1)C1CCCN1C(=O)c1cc2c(s1)CCCC2. The Labute approximate surface area is 134 Å². The third kappa shape index (κ3) is 2.67. The zero-order valence-corrected chi connectivity index (χ0v) is 13.6. The predicted molar refractivity (Wildman–Crippen MR) is 86.2 cm³/mol. The van der Waals surface area contributed by atoms with Gasteiger partial charge in [-0.1, -0.05) is 0 Å². The van der Waals surface area contributed by atoms with Gasteiger partial charge in [0.15, 0.2) is 0 Å². The molecule has 0 aromatic carbocycles. The van der Waals surface area contributed by atoms with E-state index in [2.05, 4.69) is 11.4 Å². The summed E-state index contributed by atoms with van der Waals surface area (Å²) in [5.41, 5.74) is 1.36. The molecule has 4 rings (SSSR count). The van der Waals surface area contributed by atoms with Gasteiger partial charge in [-0.25, -0.2) is 0 Å². The molecule has 3 aliphatic rings. The number of hydrogen-bond donors (Lipinski definition) is 1. The van der Waals surface area contributed by atoms with Gasteiger partial charge in [-0.3, -0.25) is 9.59 Å². The van der Waals surface area contributed by atoms with E-state index in [0.29, 0.717) is 12.6 Å². The van der Waals surface area contributed by atoms with Gasteiger partial charge >= 0.3 is 0 Å². The van der Waals surface area contributed by atoms with Gasteiger partial charge in [-0.15, -0.1) is 11.3 Å². The van der Waals surface area contributed by atoms with Crippen molar-refractivity contribution in [2.24, 2.45) is 0 Å². The number of aryl methyl sites for hydroxylation is 2. The van der Waals surface area contributed by atoms with Gasteiger partial charge in [0.05, 0.1) is 4.88 Å². The summed E-state index contributed by atoms with van der Waals surface area (Å²) in [6, 6.07) is 2.18. The molecule has 0 spiro atoms. The number of nitrogens with one attached hydrogen (secondary N) is 1. The molecule has 2 aliphatic carbocycles. The molecule has 1 aromatic heterocycles. The number of amides is 2. The van der Waals surface area contributed by atoms with Crippen LogP contribution < -0.4 is 5.32 Å². The van der Waals surface area contributed by atoms with E-state index in [4.69, 9.17) is 0 Å². The average Bonchev–Trinajstić information content (AvgIpc) is 3.07. The summed E-state index contributed by atoms with van der Waals surface area (Å²) >= 11 is 1.65. The van der Waals surface area contributed by atoms with Crippen molar-refractivity contribution in [1.29, 1.82) is 0 Å². The number of thiophene rings is 1. The van der Waals surface area contributed by atoms with E-state index in [0.717, 1.165) is 43.4 Å². The Kier molecular flexibility index (Phi) is 3.68. The van der Waals surface area contributed by atoms with E-state index < -0.39 is 0 Å². The first-order chi connectivity index (χ1) is 10.7. The summed E-state index contributed by atoms with van der Waals surface area (Å²) in [6.07, 6.45) is 8.58. The van der Waals surface area contributed by atoms with Crippen molar-refractivity contribution in [3.8, 4) is 0 Å². The van der Waals surface area contributed by atoms with Gasteiger partial charge in [0.1, 0.15) is 6.04 Å². The minimum absolute atomic E-state index is 0.0506. The van der Waals surface area contributed by atoms with Gasteiger partial charge in [0, 0.05) is 17.5 Å². The molecule has 0 radical (unpaired) electrons. The molecule has 1 atom stereocenters. The van der Waals surface area contributed by atoms with E-state index in [-0.39, 0.29) is 17.9 Å². The lowest BCUT2D eigenvalue weighted by Crippen LogP contribution is -2.46. The van der Waals surface area contributed by atoms with Crippen LogP contribution in [-0.4, -0.2) is 35.3 Å². The topological polar surface area (TPSA) is 49.4 Å². The van der Waals surface area contributed by atoms with Crippen LogP contribution in [0.1, 0.15) is 58.6 Å². The molecule has 1 aliphatic heterocycles. The maximum Gasteiger partial charge on any atom is 0.264 e. The summed E-state index contributed by atoms with van der Waals surface area (Å²) < 4.78 is 0. The zero-order valence-electron chi connectivity index (χ0n) is 12.8. The van der Waals surface area contributed by atoms with Crippen molar-refractivity contribution in [1.82, 2.24) is 10.2 Å². The lowest BCUT2D eigenvalue weighted by molar-refractivity contribution is -0.125. The van der Waals surface area contributed by atoms with Crippen LogP contribution in [0.2, 0.25) is 0 Å². The Morgan fingerprint density at radius 1 is 1.14 bits per heavy atom. The van der Waals surface area contributed by atoms with E-state index in [1.165, 1.54) is 23.3 Å². The maximum atomic E-state index is 12.8. The average molecular weight is 318 g/mol. The second kappa shape index (κ2) is 5.69. The van der Waals surface area contributed by atoms with Crippen molar-refractivity contribution in [3.63, 3.8) is 0 Å². The third-order valence-corrected chi connectivity index (χ3v) is 6.17. The molecule has 5 heteroatoms. The summed E-state index contributed by atoms with van der Waals surface area (Å²) in [4.78, 5) is 29.2. The van der Waals surface area contributed by atoms with E-state index in [9.17, 15) is 9.59 Å². The molecule has 118 valence electrons. The highest BCUT2D eigenvalue weighted by Crippen LogP contribution is 2.32. The highest BCUT2D eigenvalue weighted by Gasteiger charge is 2.37. The van der Waals surface area contributed by atoms with Crippen LogP contribution in [0.5, 0.6) is 0 Å². The summed E-state index contributed by atoms with van der Waals surface area (Å²) in [5, 5.41) is 3.05. The van der Waals surface area contributed by atoms with E-state index in [1.54, 1.807) is 16.2 Å². The van der Waals surface area contributed by atoms with Crippen LogP contribution >= 0.6 is 11.3 Å². The summed E-state index contributed by atoms with van der Waals surface area (Å²) in [6.45, 7) is 0.712. The Morgan fingerprint density at radius 2 is 1.95 bits per heavy atom. The minimum Gasteiger partial charge on any atom is -0.352 e. The standard InChI is InChI=1S/C17H22N2O2S/c20-16(18-12-7-8-12)13-5-3-9-19(13)17(21)15-10-11-4-1-2-6-14(11)22-15/h10,12-13H,1-9H2,(H,18,20). The smallest absolute Gasteiger partial charge is 0.264 e. The van der Waals surface area contributed by atoms with Crippen molar-refractivity contribution < 1.29 is 9.59 Å². The monoisotopic (exact) mass is 318 g/mol. The Morgan fingerprint density at radius 3 is 2.73 bits per heavy atom. The van der Waals surface area contributed by atoms with Gasteiger partial charge in [0.2, 0.25) is 5.91 Å². The molecule has 2 amide bonds. The molecule has 4 nitrogen and oxygen atoms in total. The first kappa shape index (κ1) is 14.2. The molecule has 1 aromatic rings. The molecule has 1 saturated heterocycles. The first-order valence-electron chi connectivity index (χ1n) is 8.45. The number of nitrogens with zero attached hydrogens (tertiary/aromatic N) is 1. The van der Waals surface area contributed by atoms with Crippen molar-refractivity contribution in [2.45, 2.75) is 63.5 Å². The summed E-state index contributed by atoms with van der Waals surface area (Å²) in [5.74, 6) is 0.113. The van der Waals surface area contributed by atoms with Gasteiger partial charge in [0.25, 0.3) is 5.91 Å². The lowest BCUT2D eigenvalue weighted by atomic mass is 9.99. The largest absolute Gasteiger partial charge is 0.352 e.